The molecule has 0 radical (unpaired) electrons. The Balaban J connectivity index is 1.86. The standard InChI is InChI=1S/C20H14BrN5O2/c21-13-14-5-7-15(8-6-14)18-3-1-2-4-19(18)20(22-24-25-23-20)16-9-11-17(12-10-16)26(27)28/h1-12H,13H2. The third-order valence-corrected chi connectivity index (χ3v) is 5.27. The Hall–Kier alpha value is -3.26. The van der Waals surface area contributed by atoms with E-state index in [1.165, 1.54) is 17.7 Å². The van der Waals surface area contributed by atoms with Crippen molar-refractivity contribution in [2.75, 3.05) is 0 Å². The fourth-order valence-electron chi connectivity index (χ4n) is 3.20. The fraction of sp³-hybridized carbons (Fsp3) is 0.100. The maximum Gasteiger partial charge on any atom is 0.269 e. The molecule has 0 unspecified atom stereocenters. The van der Waals surface area contributed by atoms with Gasteiger partial charge in [0.05, 0.1) is 4.92 Å². The predicted octanol–water partition coefficient (Wildman–Crippen LogP) is 6.19. The van der Waals surface area contributed by atoms with Crippen LogP contribution in [0.15, 0.2) is 93.5 Å². The molecule has 1 heterocycles. The zero-order chi connectivity index (χ0) is 19.6. The van der Waals surface area contributed by atoms with Gasteiger partial charge in [0, 0.05) is 28.6 Å². The summed E-state index contributed by atoms with van der Waals surface area (Å²) in [5, 5.41) is 27.9. The van der Waals surface area contributed by atoms with Gasteiger partial charge in [0.15, 0.2) is 0 Å². The maximum atomic E-state index is 11.0. The third kappa shape index (κ3) is 3.11. The molecule has 0 saturated carbocycles. The van der Waals surface area contributed by atoms with E-state index in [9.17, 15) is 10.1 Å². The number of nitro groups is 1. The molecule has 8 heteroatoms. The number of rotatable bonds is 5. The number of alkyl halides is 1. The number of halogens is 1. The van der Waals surface area contributed by atoms with Crippen LogP contribution in [0.4, 0.5) is 5.69 Å². The summed E-state index contributed by atoms with van der Waals surface area (Å²) in [7, 11) is 0. The topological polar surface area (TPSA) is 92.6 Å². The van der Waals surface area contributed by atoms with Crippen molar-refractivity contribution in [3.05, 3.63) is 99.6 Å². The van der Waals surface area contributed by atoms with Crippen LogP contribution in [0.3, 0.4) is 0 Å². The van der Waals surface area contributed by atoms with Gasteiger partial charge in [-0.05, 0) is 39.3 Å². The van der Waals surface area contributed by atoms with Crippen LogP contribution in [0.25, 0.3) is 11.1 Å². The summed E-state index contributed by atoms with van der Waals surface area (Å²) in [4.78, 5) is 10.6. The first-order valence-corrected chi connectivity index (χ1v) is 9.60. The monoisotopic (exact) mass is 435 g/mol. The highest BCUT2D eigenvalue weighted by Gasteiger charge is 2.40. The molecule has 1 aliphatic rings. The first kappa shape index (κ1) is 18.1. The van der Waals surface area contributed by atoms with E-state index in [1.807, 2.05) is 36.4 Å². The van der Waals surface area contributed by atoms with Crippen molar-refractivity contribution in [3.63, 3.8) is 0 Å². The van der Waals surface area contributed by atoms with Crippen LogP contribution >= 0.6 is 15.9 Å². The van der Waals surface area contributed by atoms with E-state index in [1.54, 1.807) is 12.1 Å². The summed E-state index contributed by atoms with van der Waals surface area (Å²) in [6.45, 7) is 0. The van der Waals surface area contributed by atoms with Gasteiger partial charge < -0.3 is 0 Å². The van der Waals surface area contributed by atoms with E-state index >= 15 is 0 Å². The van der Waals surface area contributed by atoms with E-state index in [0.717, 1.165) is 22.0 Å². The minimum atomic E-state index is -1.17. The van der Waals surface area contributed by atoms with Gasteiger partial charge in [0.25, 0.3) is 5.69 Å². The lowest BCUT2D eigenvalue weighted by atomic mass is 9.86. The highest BCUT2D eigenvalue weighted by Crippen LogP contribution is 2.43. The fourth-order valence-corrected chi connectivity index (χ4v) is 3.57. The quantitative estimate of drug-likeness (QED) is 0.271. The first-order chi connectivity index (χ1) is 13.6. The van der Waals surface area contributed by atoms with Gasteiger partial charge in [-0.25, -0.2) is 0 Å². The van der Waals surface area contributed by atoms with Crippen LogP contribution in [0.1, 0.15) is 16.7 Å². The second-order valence-electron chi connectivity index (χ2n) is 6.23. The molecular formula is C20H14BrN5O2. The van der Waals surface area contributed by atoms with Crippen molar-refractivity contribution >= 4 is 21.6 Å². The van der Waals surface area contributed by atoms with Crippen molar-refractivity contribution in [3.8, 4) is 11.1 Å². The predicted molar refractivity (Wildman–Crippen MR) is 108 cm³/mol. The normalized spacial score (nSPS) is 14.3. The van der Waals surface area contributed by atoms with E-state index in [4.69, 9.17) is 0 Å². The van der Waals surface area contributed by atoms with Crippen molar-refractivity contribution in [1.29, 1.82) is 0 Å². The van der Waals surface area contributed by atoms with Gasteiger partial charge in [-0.3, -0.25) is 10.1 Å². The zero-order valence-corrected chi connectivity index (χ0v) is 16.2. The van der Waals surface area contributed by atoms with Crippen molar-refractivity contribution in [2.45, 2.75) is 11.0 Å². The molecule has 1 aliphatic heterocycles. The molecular weight excluding hydrogens is 422 g/mol. The van der Waals surface area contributed by atoms with Crippen LogP contribution in [0.2, 0.25) is 0 Å². The van der Waals surface area contributed by atoms with Crippen LogP contribution in [0.5, 0.6) is 0 Å². The van der Waals surface area contributed by atoms with Gasteiger partial charge in [0.1, 0.15) is 0 Å². The first-order valence-electron chi connectivity index (χ1n) is 8.48. The molecule has 0 amide bonds. The van der Waals surface area contributed by atoms with Crippen LogP contribution in [-0.4, -0.2) is 4.92 Å². The summed E-state index contributed by atoms with van der Waals surface area (Å²) in [6, 6.07) is 22.1. The number of hydrogen-bond donors (Lipinski definition) is 0. The Bertz CT molecular complexity index is 1070. The lowest BCUT2D eigenvalue weighted by Crippen LogP contribution is -2.21. The molecule has 0 N–H and O–H groups in total. The largest absolute Gasteiger partial charge is 0.269 e. The molecule has 3 aromatic rings. The Morgan fingerprint density at radius 2 is 1.54 bits per heavy atom. The highest BCUT2D eigenvalue weighted by molar-refractivity contribution is 9.08. The highest BCUT2D eigenvalue weighted by atomic mass is 79.9. The molecule has 0 spiro atoms. The molecule has 7 nitrogen and oxygen atoms in total. The molecule has 0 saturated heterocycles. The Labute approximate surface area is 169 Å². The Morgan fingerprint density at radius 3 is 2.14 bits per heavy atom. The Kier molecular flexibility index (Phi) is 4.79. The van der Waals surface area contributed by atoms with Crippen molar-refractivity contribution in [2.24, 2.45) is 20.7 Å². The summed E-state index contributed by atoms with van der Waals surface area (Å²) < 4.78 is 0. The Morgan fingerprint density at radius 1 is 0.893 bits per heavy atom. The summed E-state index contributed by atoms with van der Waals surface area (Å²) in [6.07, 6.45) is 0. The maximum absolute atomic E-state index is 11.0. The summed E-state index contributed by atoms with van der Waals surface area (Å²) in [5.74, 6) is 0. The number of non-ortho nitro benzene ring substituents is 1. The number of nitro benzene ring substituents is 1. The summed E-state index contributed by atoms with van der Waals surface area (Å²) in [5.41, 5.74) is 3.43. The van der Waals surface area contributed by atoms with Gasteiger partial charge in [-0.1, -0.05) is 64.5 Å². The SMILES string of the molecule is O=[N+]([O-])c1ccc(C2(c3ccccc3-c3ccc(CBr)cc3)N=NN=N2)cc1. The molecule has 138 valence electrons. The number of hydrogen-bond acceptors (Lipinski definition) is 6. The number of benzene rings is 3. The second-order valence-corrected chi connectivity index (χ2v) is 6.79. The van der Waals surface area contributed by atoms with Crippen molar-refractivity contribution < 1.29 is 4.92 Å². The van der Waals surface area contributed by atoms with E-state index in [2.05, 4.69) is 48.7 Å². The molecule has 0 bridgehead atoms. The van der Waals surface area contributed by atoms with Crippen molar-refractivity contribution in [1.82, 2.24) is 0 Å². The molecule has 0 aliphatic carbocycles. The van der Waals surface area contributed by atoms with Crippen LogP contribution in [-0.2, 0) is 11.0 Å². The molecule has 0 fully saturated rings. The van der Waals surface area contributed by atoms with Crippen LogP contribution in [0, 0.1) is 10.1 Å². The average molecular weight is 436 g/mol. The molecule has 4 rings (SSSR count). The lowest BCUT2D eigenvalue weighted by molar-refractivity contribution is -0.384. The number of nitrogens with zero attached hydrogens (tertiary/aromatic N) is 5. The van der Waals surface area contributed by atoms with Gasteiger partial charge in [-0.15, -0.1) is 10.2 Å². The van der Waals surface area contributed by atoms with E-state index in [-0.39, 0.29) is 5.69 Å². The molecule has 28 heavy (non-hydrogen) atoms. The van der Waals surface area contributed by atoms with Crippen LogP contribution < -0.4 is 0 Å². The van der Waals surface area contributed by atoms with Gasteiger partial charge >= 0.3 is 0 Å². The smallest absolute Gasteiger partial charge is 0.258 e. The third-order valence-electron chi connectivity index (χ3n) is 4.62. The minimum Gasteiger partial charge on any atom is -0.258 e. The molecule has 0 atom stereocenters. The lowest BCUT2D eigenvalue weighted by Gasteiger charge is -2.23. The summed E-state index contributed by atoms with van der Waals surface area (Å²) >= 11 is 3.46. The van der Waals surface area contributed by atoms with E-state index < -0.39 is 10.6 Å². The zero-order valence-electron chi connectivity index (χ0n) is 14.6. The molecule has 3 aromatic carbocycles. The van der Waals surface area contributed by atoms with Gasteiger partial charge in [-0.2, -0.15) is 0 Å². The average Bonchev–Trinajstić information content (AvgIpc) is 3.25. The second kappa shape index (κ2) is 7.40. The van der Waals surface area contributed by atoms with E-state index in [0.29, 0.717) is 5.56 Å². The van der Waals surface area contributed by atoms with Gasteiger partial charge in [0.2, 0.25) is 5.66 Å². The minimum absolute atomic E-state index is 0.00409. The molecule has 0 aromatic heterocycles.